The van der Waals surface area contributed by atoms with Gasteiger partial charge in [0.2, 0.25) is 0 Å². The summed E-state index contributed by atoms with van der Waals surface area (Å²) in [6.45, 7) is 0. The van der Waals surface area contributed by atoms with Crippen LogP contribution in [-0.4, -0.2) is 15.0 Å². The van der Waals surface area contributed by atoms with E-state index in [4.69, 9.17) is 5.26 Å². The minimum absolute atomic E-state index is 0.406. The predicted molar refractivity (Wildman–Crippen MR) is 72.6 cm³/mol. The predicted octanol–water partition coefficient (Wildman–Crippen LogP) is 3.05. The number of pyridine rings is 1. The third-order valence-electron chi connectivity index (χ3n) is 2.55. The first kappa shape index (κ1) is 11.6. The van der Waals surface area contributed by atoms with Crippen LogP contribution < -0.4 is 0 Å². The summed E-state index contributed by atoms with van der Waals surface area (Å²) in [6.07, 6.45) is 1.54. The number of benzene rings is 1. The Labute approximate surface area is 114 Å². The molecule has 0 N–H and O–H groups in total. The Morgan fingerprint density at radius 2 is 1.89 bits per heavy atom. The van der Waals surface area contributed by atoms with Crippen molar-refractivity contribution in [1.29, 1.82) is 5.26 Å². The molecule has 0 aliphatic heterocycles. The molecule has 2 heterocycles. The minimum atomic E-state index is 0.406. The molecule has 0 aliphatic rings. The van der Waals surface area contributed by atoms with Gasteiger partial charge in [-0.1, -0.05) is 24.3 Å². The van der Waals surface area contributed by atoms with Gasteiger partial charge in [-0.15, -0.1) is 0 Å². The van der Waals surface area contributed by atoms with E-state index in [0.29, 0.717) is 5.69 Å². The molecule has 0 unspecified atom stereocenters. The standard InChI is InChI=1S/C14H8N4S/c15-8-10-4-3-7-13(18-10)19-14-11-5-1-2-6-12(11)16-9-17-14/h1-7,9H. The molecule has 1 aromatic carbocycles. The Kier molecular flexibility index (Phi) is 3.09. The summed E-state index contributed by atoms with van der Waals surface area (Å²) in [6, 6.07) is 15.2. The summed E-state index contributed by atoms with van der Waals surface area (Å²) in [5.41, 5.74) is 1.31. The van der Waals surface area contributed by atoms with Crippen LogP contribution >= 0.6 is 11.8 Å². The van der Waals surface area contributed by atoms with Gasteiger partial charge < -0.3 is 0 Å². The zero-order valence-electron chi connectivity index (χ0n) is 9.82. The first-order valence-electron chi connectivity index (χ1n) is 5.61. The van der Waals surface area contributed by atoms with Crippen LogP contribution in [0.2, 0.25) is 0 Å². The van der Waals surface area contributed by atoms with E-state index in [1.165, 1.54) is 11.8 Å². The molecular weight excluding hydrogens is 256 g/mol. The van der Waals surface area contributed by atoms with E-state index in [1.807, 2.05) is 42.5 Å². The molecular formula is C14H8N4S. The molecule has 5 heteroatoms. The second kappa shape index (κ2) is 5.04. The van der Waals surface area contributed by atoms with Crippen LogP contribution in [0.1, 0.15) is 5.69 Å². The molecule has 0 spiro atoms. The molecule has 0 fully saturated rings. The monoisotopic (exact) mass is 264 g/mol. The molecule has 0 bridgehead atoms. The van der Waals surface area contributed by atoms with Crippen LogP contribution in [0.5, 0.6) is 0 Å². The van der Waals surface area contributed by atoms with Gasteiger partial charge in [-0.25, -0.2) is 15.0 Å². The number of nitrogens with zero attached hydrogens (tertiary/aromatic N) is 4. The first-order chi connectivity index (χ1) is 9.36. The summed E-state index contributed by atoms with van der Waals surface area (Å²) in [5.74, 6) is 0. The zero-order chi connectivity index (χ0) is 13.1. The minimum Gasteiger partial charge on any atom is -0.236 e. The van der Waals surface area contributed by atoms with Gasteiger partial charge in [0, 0.05) is 5.39 Å². The summed E-state index contributed by atoms with van der Waals surface area (Å²) in [5, 5.41) is 11.4. The molecule has 0 aliphatic carbocycles. The molecule has 0 saturated heterocycles. The fourth-order valence-electron chi connectivity index (χ4n) is 1.69. The second-order valence-corrected chi connectivity index (χ2v) is 4.78. The maximum Gasteiger partial charge on any atom is 0.141 e. The van der Waals surface area contributed by atoms with E-state index in [2.05, 4.69) is 15.0 Å². The SMILES string of the molecule is N#Cc1cccc(Sc2ncnc3ccccc23)n1. The van der Waals surface area contributed by atoms with Crippen molar-refractivity contribution in [2.45, 2.75) is 10.1 Å². The van der Waals surface area contributed by atoms with Gasteiger partial charge in [0.05, 0.1) is 5.52 Å². The van der Waals surface area contributed by atoms with Gasteiger partial charge in [0.25, 0.3) is 0 Å². The topological polar surface area (TPSA) is 62.5 Å². The normalized spacial score (nSPS) is 10.3. The highest BCUT2D eigenvalue weighted by molar-refractivity contribution is 7.99. The molecule has 3 aromatic rings. The van der Waals surface area contributed by atoms with E-state index in [-0.39, 0.29) is 0 Å². The highest BCUT2D eigenvalue weighted by Crippen LogP contribution is 2.29. The van der Waals surface area contributed by atoms with Crippen molar-refractivity contribution >= 4 is 22.7 Å². The van der Waals surface area contributed by atoms with Crippen LogP contribution in [0.4, 0.5) is 0 Å². The van der Waals surface area contributed by atoms with Gasteiger partial charge >= 0.3 is 0 Å². The van der Waals surface area contributed by atoms with E-state index >= 15 is 0 Å². The van der Waals surface area contributed by atoms with Crippen molar-refractivity contribution in [1.82, 2.24) is 15.0 Å². The molecule has 0 amide bonds. The molecule has 0 radical (unpaired) electrons. The number of aromatic nitrogens is 3. The van der Waals surface area contributed by atoms with Gasteiger partial charge in [-0.2, -0.15) is 5.26 Å². The number of hydrogen-bond acceptors (Lipinski definition) is 5. The Bertz CT molecular complexity index is 774. The Morgan fingerprint density at radius 3 is 2.79 bits per heavy atom. The molecule has 90 valence electrons. The molecule has 0 atom stereocenters. The lowest BCUT2D eigenvalue weighted by molar-refractivity contribution is 1.07. The van der Waals surface area contributed by atoms with Gasteiger partial charge in [0.1, 0.15) is 28.1 Å². The van der Waals surface area contributed by atoms with Crippen molar-refractivity contribution < 1.29 is 0 Å². The summed E-state index contributed by atoms with van der Waals surface area (Å²) in [7, 11) is 0. The van der Waals surface area contributed by atoms with Crippen molar-refractivity contribution in [2.75, 3.05) is 0 Å². The molecule has 3 rings (SSSR count). The largest absolute Gasteiger partial charge is 0.236 e. The number of rotatable bonds is 2. The molecule has 19 heavy (non-hydrogen) atoms. The third-order valence-corrected chi connectivity index (χ3v) is 3.50. The molecule has 2 aromatic heterocycles. The van der Waals surface area contributed by atoms with Gasteiger partial charge in [-0.3, -0.25) is 0 Å². The van der Waals surface area contributed by atoms with E-state index in [9.17, 15) is 0 Å². The van der Waals surface area contributed by atoms with E-state index < -0.39 is 0 Å². The van der Waals surface area contributed by atoms with Crippen LogP contribution in [0.25, 0.3) is 10.9 Å². The van der Waals surface area contributed by atoms with Gasteiger partial charge in [-0.05, 0) is 30.0 Å². The number of nitriles is 1. The lowest BCUT2D eigenvalue weighted by Gasteiger charge is -2.03. The third kappa shape index (κ3) is 2.39. The number of para-hydroxylation sites is 1. The fourth-order valence-corrected chi connectivity index (χ4v) is 2.57. The van der Waals surface area contributed by atoms with Crippen molar-refractivity contribution in [2.24, 2.45) is 0 Å². The fraction of sp³-hybridized carbons (Fsp3) is 0. The quantitative estimate of drug-likeness (QED) is 0.666. The maximum absolute atomic E-state index is 8.85. The lowest BCUT2D eigenvalue weighted by atomic mass is 10.2. The summed E-state index contributed by atoms with van der Waals surface area (Å²) < 4.78 is 0. The Hall–Kier alpha value is -2.45. The number of hydrogen-bond donors (Lipinski definition) is 0. The van der Waals surface area contributed by atoms with Gasteiger partial charge in [0.15, 0.2) is 0 Å². The Morgan fingerprint density at radius 1 is 1.00 bits per heavy atom. The highest BCUT2D eigenvalue weighted by Gasteiger charge is 2.06. The van der Waals surface area contributed by atoms with E-state index in [1.54, 1.807) is 12.4 Å². The van der Waals surface area contributed by atoms with Crippen LogP contribution in [-0.2, 0) is 0 Å². The highest BCUT2D eigenvalue weighted by atomic mass is 32.2. The molecule has 4 nitrogen and oxygen atoms in total. The summed E-state index contributed by atoms with van der Waals surface area (Å²) in [4.78, 5) is 12.7. The second-order valence-electron chi connectivity index (χ2n) is 3.77. The number of fused-ring (bicyclic) bond motifs is 1. The van der Waals surface area contributed by atoms with Crippen LogP contribution in [0.3, 0.4) is 0 Å². The lowest BCUT2D eigenvalue weighted by Crippen LogP contribution is -1.89. The van der Waals surface area contributed by atoms with Crippen LogP contribution in [0, 0.1) is 11.3 Å². The summed E-state index contributed by atoms with van der Waals surface area (Å²) >= 11 is 1.43. The first-order valence-corrected chi connectivity index (χ1v) is 6.43. The average molecular weight is 264 g/mol. The Balaban J connectivity index is 2.04. The smallest absolute Gasteiger partial charge is 0.141 e. The maximum atomic E-state index is 8.85. The van der Waals surface area contributed by atoms with Crippen molar-refractivity contribution in [3.8, 4) is 6.07 Å². The molecule has 0 saturated carbocycles. The van der Waals surface area contributed by atoms with Crippen LogP contribution in [0.15, 0.2) is 58.8 Å². The van der Waals surface area contributed by atoms with Crippen molar-refractivity contribution in [3.05, 3.63) is 54.5 Å². The van der Waals surface area contributed by atoms with E-state index in [0.717, 1.165) is 21.0 Å². The zero-order valence-corrected chi connectivity index (χ0v) is 10.6. The van der Waals surface area contributed by atoms with Crippen molar-refractivity contribution in [3.63, 3.8) is 0 Å². The average Bonchev–Trinajstić information content (AvgIpc) is 2.48.